The number of nitrogens with zero attached hydrogens (tertiary/aromatic N) is 1. The van der Waals surface area contributed by atoms with E-state index in [2.05, 4.69) is 9.97 Å². The molecule has 6 nitrogen and oxygen atoms in total. The number of aromatic amines is 1. The summed E-state index contributed by atoms with van der Waals surface area (Å²) in [4.78, 5) is 31.7. The third-order valence-corrected chi connectivity index (χ3v) is 6.66. The lowest BCUT2D eigenvalue weighted by Crippen LogP contribution is -2.34. The molecule has 29 heavy (non-hydrogen) atoms. The number of amides is 1. The Morgan fingerprint density at radius 2 is 2.00 bits per heavy atom. The normalized spacial score (nSPS) is 27.3. The molecule has 2 aliphatic carbocycles. The number of carbonyl (C=O) groups is 1. The van der Waals surface area contributed by atoms with Crippen LogP contribution in [-0.4, -0.2) is 35.0 Å². The van der Waals surface area contributed by atoms with Gasteiger partial charge in [0.1, 0.15) is 5.69 Å². The van der Waals surface area contributed by atoms with Crippen molar-refractivity contribution in [1.29, 1.82) is 0 Å². The maximum Gasteiger partial charge on any atom is 0.268 e. The molecule has 0 radical (unpaired) electrons. The third kappa shape index (κ3) is 3.66. The van der Waals surface area contributed by atoms with Gasteiger partial charge >= 0.3 is 0 Å². The van der Waals surface area contributed by atoms with Crippen LogP contribution in [0.5, 0.6) is 0 Å². The number of hydrogen-bond acceptors (Lipinski definition) is 4. The van der Waals surface area contributed by atoms with Gasteiger partial charge in [0.2, 0.25) is 5.92 Å². The predicted molar refractivity (Wildman–Crippen MR) is 104 cm³/mol. The summed E-state index contributed by atoms with van der Waals surface area (Å²) < 4.78 is 33.0. The average Bonchev–Trinajstić information content (AvgIpc) is 3.11. The van der Waals surface area contributed by atoms with Gasteiger partial charge in [-0.05, 0) is 43.6 Å². The molecule has 3 atom stereocenters. The molecule has 156 valence electrons. The van der Waals surface area contributed by atoms with Gasteiger partial charge < -0.3 is 15.5 Å². The number of nitrogens with one attached hydrogen (secondary N) is 1. The molecular formula is C21H25F2N3O3. The molecule has 2 heterocycles. The Balaban J connectivity index is 1.72. The minimum absolute atomic E-state index is 0.0129. The van der Waals surface area contributed by atoms with Crippen molar-refractivity contribution in [2.75, 3.05) is 7.11 Å². The van der Waals surface area contributed by atoms with Gasteiger partial charge in [-0.3, -0.25) is 14.6 Å². The zero-order valence-corrected chi connectivity index (χ0v) is 16.3. The molecule has 1 amide bonds. The summed E-state index contributed by atoms with van der Waals surface area (Å²) in [5.74, 6) is -3.12. The van der Waals surface area contributed by atoms with Crippen LogP contribution in [0.15, 0.2) is 23.1 Å². The van der Waals surface area contributed by atoms with Gasteiger partial charge in [0.25, 0.3) is 5.91 Å². The van der Waals surface area contributed by atoms with Crippen LogP contribution in [0.25, 0.3) is 10.9 Å². The number of halogens is 2. The first-order valence-corrected chi connectivity index (χ1v) is 10.0. The molecule has 8 heteroatoms. The second-order valence-corrected chi connectivity index (χ2v) is 8.26. The van der Waals surface area contributed by atoms with Crippen LogP contribution in [0.2, 0.25) is 0 Å². The minimum Gasteiger partial charge on any atom is -0.381 e. The van der Waals surface area contributed by atoms with Crippen LogP contribution in [0.3, 0.4) is 0 Å². The molecule has 0 spiro atoms. The first-order chi connectivity index (χ1) is 13.8. The smallest absolute Gasteiger partial charge is 0.268 e. The molecule has 0 aromatic carbocycles. The van der Waals surface area contributed by atoms with Crippen molar-refractivity contribution in [2.45, 2.75) is 56.5 Å². The van der Waals surface area contributed by atoms with Crippen molar-refractivity contribution in [3.05, 3.63) is 39.9 Å². The number of carbonyl (C=O) groups excluding carboxylic acids is 1. The van der Waals surface area contributed by atoms with Gasteiger partial charge in [0.15, 0.2) is 5.43 Å². The quantitative estimate of drug-likeness (QED) is 0.815. The largest absolute Gasteiger partial charge is 0.381 e. The molecule has 2 saturated carbocycles. The molecule has 4 rings (SSSR count). The van der Waals surface area contributed by atoms with E-state index in [0.717, 1.165) is 18.5 Å². The lowest BCUT2D eigenvalue weighted by Gasteiger charge is -2.37. The van der Waals surface area contributed by atoms with E-state index in [1.165, 1.54) is 12.3 Å². The van der Waals surface area contributed by atoms with Gasteiger partial charge in [0, 0.05) is 43.8 Å². The molecular weight excluding hydrogens is 380 g/mol. The highest BCUT2D eigenvalue weighted by Gasteiger charge is 2.46. The number of methoxy groups -OCH3 is 1. The fourth-order valence-corrected chi connectivity index (χ4v) is 5.31. The SMILES string of the molecule is COC1CCC(c2cc(=O)c3c(C(N)=O)nccc3[nH]2)C1C1CCC(F)(F)CC1. The van der Waals surface area contributed by atoms with Crippen LogP contribution in [0.4, 0.5) is 8.78 Å². The van der Waals surface area contributed by atoms with E-state index in [1.807, 2.05) is 0 Å². The summed E-state index contributed by atoms with van der Waals surface area (Å²) in [7, 11) is 1.66. The number of nitrogens with two attached hydrogens (primary N) is 1. The van der Waals surface area contributed by atoms with Gasteiger partial charge in [0.05, 0.1) is 17.0 Å². The number of aromatic nitrogens is 2. The van der Waals surface area contributed by atoms with Crippen LogP contribution >= 0.6 is 0 Å². The first kappa shape index (κ1) is 19.9. The summed E-state index contributed by atoms with van der Waals surface area (Å²) in [5, 5.41) is 0.180. The molecule has 2 aliphatic rings. The standard InChI is InChI=1S/C21H25F2N3O3/c1-29-16-3-2-12(17(16)11-4-7-21(22,23)8-5-11)14-10-15(27)18-13(26-14)6-9-25-19(18)20(24)28/h6,9-12,16-17H,2-5,7-8H2,1H3,(H2,24,28)(H,26,27). The Morgan fingerprint density at radius 3 is 2.66 bits per heavy atom. The summed E-state index contributed by atoms with van der Waals surface area (Å²) in [5.41, 5.74) is 6.25. The fraction of sp³-hybridized carbons (Fsp3) is 0.571. The highest BCUT2D eigenvalue weighted by molar-refractivity contribution is 6.03. The number of alkyl halides is 2. The average molecular weight is 405 g/mol. The summed E-state index contributed by atoms with van der Waals surface area (Å²) >= 11 is 0. The summed E-state index contributed by atoms with van der Waals surface area (Å²) in [6.45, 7) is 0. The van der Waals surface area contributed by atoms with Crippen LogP contribution in [0.1, 0.15) is 60.6 Å². The molecule has 2 aromatic heterocycles. The number of primary amides is 1. The second-order valence-electron chi connectivity index (χ2n) is 8.26. The van der Waals surface area contributed by atoms with Crippen molar-refractivity contribution < 1.29 is 18.3 Å². The Labute approximate surface area is 166 Å². The molecule has 0 aliphatic heterocycles. The van der Waals surface area contributed by atoms with Crippen molar-refractivity contribution >= 4 is 16.8 Å². The summed E-state index contributed by atoms with van der Waals surface area (Å²) in [6.07, 6.45) is 3.78. The monoisotopic (exact) mass is 405 g/mol. The van der Waals surface area contributed by atoms with Gasteiger partial charge in [-0.15, -0.1) is 0 Å². The van der Waals surface area contributed by atoms with Crippen LogP contribution in [0, 0.1) is 11.8 Å². The Kier molecular flexibility index (Phi) is 5.14. The fourth-order valence-electron chi connectivity index (χ4n) is 5.31. The van der Waals surface area contributed by atoms with Crippen molar-refractivity contribution in [2.24, 2.45) is 17.6 Å². The Bertz CT molecular complexity index is 981. The number of pyridine rings is 2. The van der Waals surface area contributed by atoms with Gasteiger partial charge in [-0.25, -0.2) is 8.78 Å². The molecule has 0 saturated heterocycles. The lowest BCUT2D eigenvalue weighted by molar-refractivity contribution is -0.0635. The highest BCUT2D eigenvalue weighted by atomic mass is 19.3. The Hall–Kier alpha value is -2.35. The molecule has 2 aromatic rings. The topological polar surface area (TPSA) is 98.1 Å². The molecule has 2 fully saturated rings. The first-order valence-electron chi connectivity index (χ1n) is 10.0. The number of rotatable bonds is 4. The van der Waals surface area contributed by atoms with E-state index in [4.69, 9.17) is 10.5 Å². The maximum atomic E-state index is 13.7. The van der Waals surface area contributed by atoms with E-state index < -0.39 is 11.8 Å². The lowest BCUT2D eigenvalue weighted by atomic mass is 9.72. The number of hydrogen-bond donors (Lipinski definition) is 2. The van der Waals surface area contributed by atoms with Crippen LogP contribution < -0.4 is 11.2 Å². The van der Waals surface area contributed by atoms with E-state index in [0.29, 0.717) is 18.4 Å². The van der Waals surface area contributed by atoms with Crippen molar-refractivity contribution in [3.8, 4) is 0 Å². The maximum absolute atomic E-state index is 13.7. The summed E-state index contributed by atoms with van der Waals surface area (Å²) in [6, 6.07) is 3.15. The van der Waals surface area contributed by atoms with Crippen LogP contribution in [-0.2, 0) is 4.74 Å². The van der Waals surface area contributed by atoms with Crippen molar-refractivity contribution in [3.63, 3.8) is 0 Å². The minimum atomic E-state index is -2.58. The highest BCUT2D eigenvalue weighted by Crippen LogP contribution is 2.50. The molecule has 0 bridgehead atoms. The van der Waals surface area contributed by atoms with Gasteiger partial charge in [-0.1, -0.05) is 0 Å². The van der Waals surface area contributed by atoms with E-state index in [-0.39, 0.29) is 53.2 Å². The number of ether oxygens (including phenoxy) is 1. The number of fused-ring (bicyclic) bond motifs is 1. The zero-order valence-electron chi connectivity index (χ0n) is 16.3. The van der Waals surface area contributed by atoms with E-state index in [1.54, 1.807) is 13.2 Å². The molecule has 3 N–H and O–H groups in total. The Morgan fingerprint density at radius 1 is 1.28 bits per heavy atom. The second kappa shape index (κ2) is 7.48. The van der Waals surface area contributed by atoms with E-state index in [9.17, 15) is 18.4 Å². The number of H-pyrrole nitrogens is 1. The zero-order chi connectivity index (χ0) is 20.8. The van der Waals surface area contributed by atoms with Crippen molar-refractivity contribution in [1.82, 2.24) is 9.97 Å². The van der Waals surface area contributed by atoms with E-state index >= 15 is 0 Å². The molecule has 3 unspecified atom stereocenters. The third-order valence-electron chi connectivity index (χ3n) is 6.66. The predicted octanol–water partition coefficient (Wildman–Crippen LogP) is 3.36. The van der Waals surface area contributed by atoms with Gasteiger partial charge in [-0.2, -0.15) is 0 Å².